The van der Waals surface area contributed by atoms with Crippen molar-refractivity contribution in [3.8, 4) is 0 Å². The molecular weight excluding hydrogens is 385 g/mol. The summed E-state index contributed by atoms with van der Waals surface area (Å²) in [5.74, 6) is 0.333. The molecular formula is C19H19F3N6O. The minimum Gasteiger partial charge on any atom is -0.355 e. The third-order valence-corrected chi connectivity index (χ3v) is 4.97. The van der Waals surface area contributed by atoms with E-state index in [1.807, 2.05) is 4.90 Å². The third kappa shape index (κ3) is 3.74. The summed E-state index contributed by atoms with van der Waals surface area (Å²) in [5, 5.41) is 4.34. The van der Waals surface area contributed by atoms with E-state index in [4.69, 9.17) is 0 Å². The number of nitrogens with zero attached hydrogens (tertiary/aromatic N) is 6. The van der Waals surface area contributed by atoms with Gasteiger partial charge in [0.15, 0.2) is 5.65 Å². The molecule has 3 aromatic heterocycles. The number of fused-ring (bicyclic) bond motifs is 1. The molecule has 4 rings (SSSR count). The van der Waals surface area contributed by atoms with Crippen LogP contribution in [0.15, 0.2) is 36.8 Å². The first-order valence-corrected chi connectivity index (χ1v) is 9.22. The predicted octanol–water partition coefficient (Wildman–Crippen LogP) is 2.80. The Morgan fingerprint density at radius 3 is 2.66 bits per heavy atom. The third-order valence-electron chi connectivity index (χ3n) is 4.97. The van der Waals surface area contributed by atoms with Crippen molar-refractivity contribution in [2.24, 2.45) is 0 Å². The van der Waals surface area contributed by atoms with Crippen molar-refractivity contribution in [1.82, 2.24) is 24.5 Å². The maximum Gasteiger partial charge on any atom is 0.417 e. The Balaban J connectivity index is 1.50. The Morgan fingerprint density at radius 1 is 1.10 bits per heavy atom. The number of amides is 1. The van der Waals surface area contributed by atoms with E-state index in [2.05, 4.69) is 15.1 Å². The fourth-order valence-electron chi connectivity index (χ4n) is 3.50. The van der Waals surface area contributed by atoms with Gasteiger partial charge in [0, 0.05) is 44.8 Å². The molecule has 152 valence electrons. The maximum absolute atomic E-state index is 13.1. The zero-order chi connectivity index (χ0) is 20.6. The van der Waals surface area contributed by atoms with Gasteiger partial charge in [-0.25, -0.2) is 14.5 Å². The SMILES string of the molecule is Cc1nn2cccnc2c1C(=O)N1CCCN(c2ccc(C(F)(F)F)cn2)CC1. The zero-order valence-corrected chi connectivity index (χ0v) is 15.7. The van der Waals surface area contributed by atoms with Gasteiger partial charge in [0.05, 0.1) is 11.3 Å². The molecule has 1 saturated heterocycles. The van der Waals surface area contributed by atoms with E-state index in [0.717, 1.165) is 12.3 Å². The fraction of sp³-hybridized carbons (Fsp3) is 0.368. The van der Waals surface area contributed by atoms with Crippen LogP contribution in [0.3, 0.4) is 0 Å². The van der Waals surface area contributed by atoms with Crippen molar-refractivity contribution in [2.45, 2.75) is 19.5 Å². The van der Waals surface area contributed by atoms with Crippen LogP contribution in [0.4, 0.5) is 19.0 Å². The van der Waals surface area contributed by atoms with E-state index >= 15 is 0 Å². The Hall–Kier alpha value is -3.17. The van der Waals surface area contributed by atoms with Gasteiger partial charge in [0.2, 0.25) is 0 Å². The highest BCUT2D eigenvalue weighted by atomic mass is 19.4. The Bertz CT molecular complexity index is 1030. The van der Waals surface area contributed by atoms with Gasteiger partial charge in [-0.05, 0) is 31.5 Å². The molecule has 0 aliphatic carbocycles. The topological polar surface area (TPSA) is 66.6 Å². The summed E-state index contributed by atoms with van der Waals surface area (Å²) in [7, 11) is 0. The van der Waals surface area contributed by atoms with Crippen LogP contribution in [0.2, 0.25) is 0 Å². The second-order valence-corrected chi connectivity index (χ2v) is 6.88. The molecule has 29 heavy (non-hydrogen) atoms. The lowest BCUT2D eigenvalue weighted by molar-refractivity contribution is -0.137. The number of rotatable bonds is 2. The van der Waals surface area contributed by atoms with Gasteiger partial charge >= 0.3 is 6.18 Å². The van der Waals surface area contributed by atoms with Gasteiger partial charge in [-0.2, -0.15) is 18.3 Å². The molecule has 4 heterocycles. The molecule has 0 radical (unpaired) electrons. The van der Waals surface area contributed by atoms with Crippen molar-refractivity contribution in [3.05, 3.63) is 53.6 Å². The van der Waals surface area contributed by atoms with E-state index in [1.54, 1.807) is 34.8 Å². The number of aryl methyl sites for hydroxylation is 1. The lowest BCUT2D eigenvalue weighted by Crippen LogP contribution is -2.35. The largest absolute Gasteiger partial charge is 0.417 e. The smallest absolute Gasteiger partial charge is 0.355 e. The van der Waals surface area contributed by atoms with E-state index < -0.39 is 11.7 Å². The summed E-state index contributed by atoms with van der Waals surface area (Å²) in [5.41, 5.74) is 0.829. The number of aromatic nitrogens is 4. The Morgan fingerprint density at radius 2 is 1.93 bits per heavy atom. The first-order valence-electron chi connectivity index (χ1n) is 9.22. The van der Waals surface area contributed by atoms with Gasteiger partial charge in [0.1, 0.15) is 11.4 Å². The lowest BCUT2D eigenvalue weighted by atomic mass is 10.2. The van der Waals surface area contributed by atoms with Crippen molar-refractivity contribution < 1.29 is 18.0 Å². The lowest BCUT2D eigenvalue weighted by Gasteiger charge is -2.23. The van der Waals surface area contributed by atoms with Crippen LogP contribution >= 0.6 is 0 Å². The summed E-state index contributed by atoms with van der Waals surface area (Å²) in [4.78, 5) is 25.0. The van der Waals surface area contributed by atoms with Gasteiger partial charge in [0.25, 0.3) is 5.91 Å². The number of halogens is 3. The molecule has 3 aromatic rings. The second-order valence-electron chi connectivity index (χ2n) is 6.88. The highest BCUT2D eigenvalue weighted by Gasteiger charge is 2.31. The van der Waals surface area contributed by atoms with Crippen LogP contribution < -0.4 is 4.90 Å². The van der Waals surface area contributed by atoms with Gasteiger partial charge in [-0.3, -0.25) is 4.79 Å². The van der Waals surface area contributed by atoms with E-state index in [0.29, 0.717) is 55.3 Å². The number of carbonyl (C=O) groups is 1. The Labute approximate surface area is 164 Å². The molecule has 0 atom stereocenters. The molecule has 0 bridgehead atoms. The van der Waals surface area contributed by atoms with Gasteiger partial charge in [-0.1, -0.05) is 0 Å². The average Bonchev–Trinajstić information content (AvgIpc) is 2.86. The van der Waals surface area contributed by atoms with E-state index in [1.165, 1.54) is 6.07 Å². The summed E-state index contributed by atoms with van der Waals surface area (Å²) < 4.78 is 39.8. The number of alkyl halides is 3. The predicted molar refractivity (Wildman–Crippen MR) is 99.7 cm³/mol. The van der Waals surface area contributed by atoms with Crippen molar-refractivity contribution in [3.63, 3.8) is 0 Å². The van der Waals surface area contributed by atoms with Crippen LogP contribution in [0.1, 0.15) is 28.0 Å². The first-order chi connectivity index (χ1) is 13.8. The average molecular weight is 404 g/mol. The molecule has 0 saturated carbocycles. The van der Waals surface area contributed by atoms with E-state index in [-0.39, 0.29) is 5.91 Å². The van der Waals surface area contributed by atoms with Gasteiger partial charge in [-0.15, -0.1) is 0 Å². The fourth-order valence-corrected chi connectivity index (χ4v) is 3.50. The van der Waals surface area contributed by atoms with Gasteiger partial charge < -0.3 is 9.80 Å². The van der Waals surface area contributed by atoms with Crippen LogP contribution in [0.25, 0.3) is 5.65 Å². The molecule has 7 nitrogen and oxygen atoms in total. The van der Waals surface area contributed by atoms with Crippen molar-refractivity contribution in [2.75, 3.05) is 31.1 Å². The highest BCUT2D eigenvalue weighted by Crippen LogP contribution is 2.29. The highest BCUT2D eigenvalue weighted by molar-refractivity contribution is 6.01. The van der Waals surface area contributed by atoms with Crippen LogP contribution in [-0.2, 0) is 6.18 Å². The summed E-state index contributed by atoms with van der Waals surface area (Å²) in [6.45, 7) is 3.84. The quantitative estimate of drug-likeness (QED) is 0.657. The van der Waals surface area contributed by atoms with Crippen LogP contribution in [0.5, 0.6) is 0 Å². The standard InChI is InChI=1S/C19H19F3N6O/c1-13-16(17-23-6-2-9-28(17)25-13)18(29)27-8-3-7-26(10-11-27)15-5-4-14(12-24-15)19(20,21)22/h2,4-6,9,12H,3,7-8,10-11H2,1H3. The summed E-state index contributed by atoms with van der Waals surface area (Å²) >= 11 is 0. The molecule has 0 unspecified atom stereocenters. The number of carbonyl (C=O) groups excluding carboxylic acids is 1. The summed E-state index contributed by atoms with van der Waals surface area (Å²) in [6.07, 6.45) is 0.478. The normalized spacial score (nSPS) is 15.6. The van der Waals surface area contributed by atoms with Crippen LogP contribution in [0, 0.1) is 6.92 Å². The number of hydrogen-bond donors (Lipinski definition) is 0. The van der Waals surface area contributed by atoms with Crippen molar-refractivity contribution >= 4 is 17.4 Å². The van der Waals surface area contributed by atoms with Crippen molar-refractivity contribution in [1.29, 1.82) is 0 Å². The monoisotopic (exact) mass is 404 g/mol. The second kappa shape index (κ2) is 7.34. The van der Waals surface area contributed by atoms with E-state index in [9.17, 15) is 18.0 Å². The number of pyridine rings is 1. The molecule has 0 spiro atoms. The van der Waals surface area contributed by atoms with Crippen LogP contribution in [-0.4, -0.2) is 56.6 Å². The zero-order valence-electron chi connectivity index (χ0n) is 15.7. The number of hydrogen-bond acceptors (Lipinski definition) is 5. The molecule has 1 aliphatic rings. The maximum atomic E-state index is 13.1. The summed E-state index contributed by atoms with van der Waals surface area (Å²) in [6, 6.07) is 4.15. The molecule has 1 fully saturated rings. The number of anilines is 1. The molecule has 10 heteroatoms. The molecule has 1 aliphatic heterocycles. The minimum absolute atomic E-state index is 0.140. The molecule has 1 amide bonds. The Kier molecular flexibility index (Phi) is 4.85. The minimum atomic E-state index is -4.41. The molecule has 0 N–H and O–H groups in total. The molecule has 0 aromatic carbocycles. The first kappa shape index (κ1) is 19.2.